The summed E-state index contributed by atoms with van der Waals surface area (Å²) in [7, 11) is 0. The molecule has 8 aromatic rings. The van der Waals surface area contributed by atoms with Gasteiger partial charge in [0.25, 0.3) is 0 Å². The number of fused-ring (bicyclic) bond motifs is 1. The van der Waals surface area contributed by atoms with E-state index < -0.39 is 0 Å². The Morgan fingerprint density at radius 1 is 0.417 bits per heavy atom. The molecule has 72 heavy (non-hydrogen) atoms. The highest BCUT2D eigenvalue weighted by Gasteiger charge is 2.30. The summed E-state index contributed by atoms with van der Waals surface area (Å²) in [6.07, 6.45) is 0. The topological polar surface area (TPSA) is 6.48 Å². The molecule has 8 rings (SSSR count). The van der Waals surface area contributed by atoms with Crippen molar-refractivity contribution in [2.24, 2.45) is 0 Å². The number of nitrogens with zero attached hydrogens (tertiary/aromatic N) is 2. The highest BCUT2D eigenvalue weighted by Crippen LogP contribution is 2.50. The lowest BCUT2D eigenvalue weighted by Gasteiger charge is -2.33. The van der Waals surface area contributed by atoms with E-state index in [9.17, 15) is 0 Å². The molecule has 4 heteroatoms. The van der Waals surface area contributed by atoms with Gasteiger partial charge in [0.05, 0.1) is 16.4 Å². The molecule has 0 spiro atoms. The van der Waals surface area contributed by atoms with E-state index in [0.29, 0.717) is 0 Å². The first kappa shape index (κ1) is 52.7. The van der Waals surface area contributed by atoms with Gasteiger partial charge in [-0.05, 0) is 180 Å². The van der Waals surface area contributed by atoms with Crippen molar-refractivity contribution in [2.75, 3.05) is 9.80 Å². The Morgan fingerprint density at radius 2 is 0.861 bits per heavy atom. The maximum Gasteiger partial charge on any atom is 0.0688 e. The quantitative estimate of drug-likeness (QED) is 0.142. The molecule has 0 saturated carbocycles. The number of halogens is 1. The fourth-order valence-electron chi connectivity index (χ4n) is 10.2. The maximum absolute atomic E-state index is 8.19. The molecule has 374 valence electrons. The van der Waals surface area contributed by atoms with E-state index in [-0.39, 0.29) is 33.0 Å². The zero-order valence-electron chi connectivity index (χ0n) is 46.6. The van der Waals surface area contributed by atoms with E-state index in [1.165, 1.54) is 65.8 Å². The van der Waals surface area contributed by atoms with Crippen molar-refractivity contribution < 1.29 is 0 Å². The van der Waals surface area contributed by atoms with Crippen LogP contribution in [0.2, 0.25) is 5.02 Å². The zero-order chi connectivity index (χ0) is 52.5. The van der Waals surface area contributed by atoms with Crippen LogP contribution in [0.15, 0.2) is 145 Å². The molecule has 2 nitrogen and oxygen atoms in total. The summed E-state index contributed by atoms with van der Waals surface area (Å²) in [6, 6.07) is 53.1. The molecule has 0 fully saturated rings. The largest absolute Gasteiger partial charge is 0.310 e. The summed E-state index contributed by atoms with van der Waals surface area (Å²) in [5.41, 5.74) is 20.2. The lowest BCUT2D eigenvalue weighted by atomic mass is 9.80. The molecule has 1 heterocycles. The smallest absolute Gasteiger partial charge is 0.0688 e. The monoisotopic (exact) mass is 991 g/mol. The van der Waals surface area contributed by atoms with Gasteiger partial charge in [-0.25, -0.2) is 0 Å². The van der Waals surface area contributed by atoms with E-state index >= 15 is 0 Å². The molecule has 7 aromatic carbocycles. The predicted octanol–water partition coefficient (Wildman–Crippen LogP) is 21.1. The Balaban J connectivity index is 1.38. The zero-order valence-corrected chi connectivity index (χ0v) is 48.2. The number of rotatable bonds is 9. The SMILES string of the molecule is Cc1cc(C(c2ccc(C(C)(C)C)cc2)c2csc3ccc(C(C)(C)C)cc23)c(Cl)c(N(c2ccc(C(C)(C)C)cc2)c2cccc(N(c3ccc(C(C)(C)C)cc3)c3c(C)cc(C(C)(C)C)cc3C)c2)c1. The van der Waals surface area contributed by atoms with Crippen LogP contribution in [-0.2, 0) is 27.1 Å². The summed E-state index contributed by atoms with van der Waals surface area (Å²) >= 11 is 10.0. The van der Waals surface area contributed by atoms with Crippen molar-refractivity contribution in [3.05, 3.63) is 211 Å². The lowest BCUT2D eigenvalue weighted by molar-refractivity contribution is 0.589. The molecule has 0 bridgehead atoms. The molecular weight excluding hydrogens is 912 g/mol. The Kier molecular flexibility index (Phi) is 14.2. The van der Waals surface area contributed by atoms with Crippen LogP contribution in [0.25, 0.3) is 10.1 Å². The predicted molar refractivity (Wildman–Crippen MR) is 318 cm³/mol. The van der Waals surface area contributed by atoms with Crippen molar-refractivity contribution in [2.45, 2.75) is 158 Å². The van der Waals surface area contributed by atoms with Gasteiger partial charge in [0, 0.05) is 33.4 Å². The van der Waals surface area contributed by atoms with Gasteiger partial charge in [-0.3, -0.25) is 0 Å². The fraction of sp³-hybridized carbons (Fsp3) is 0.353. The van der Waals surface area contributed by atoms with Crippen LogP contribution in [0, 0.1) is 20.8 Å². The van der Waals surface area contributed by atoms with Gasteiger partial charge < -0.3 is 9.80 Å². The number of benzene rings is 7. The van der Waals surface area contributed by atoms with Crippen LogP contribution < -0.4 is 9.80 Å². The van der Waals surface area contributed by atoms with Crippen molar-refractivity contribution in [1.29, 1.82) is 0 Å². The van der Waals surface area contributed by atoms with Crippen molar-refractivity contribution in [3.63, 3.8) is 0 Å². The highest BCUT2D eigenvalue weighted by atomic mass is 35.5. The number of hydrogen-bond acceptors (Lipinski definition) is 3. The molecule has 0 saturated heterocycles. The first-order valence-electron chi connectivity index (χ1n) is 26.0. The average Bonchev–Trinajstić information content (AvgIpc) is 3.71. The first-order chi connectivity index (χ1) is 33.5. The molecule has 0 aliphatic carbocycles. The van der Waals surface area contributed by atoms with E-state index in [4.69, 9.17) is 11.6 Å². The molecule has 0 amide bonds. The molecule has 0 radical (unpaired) electrons. The number of anilines is 6. The summed E-state index contributed by atoms with van der Waals surface area (Å²) in [5, 5.41) is 4.40. The van der Waals surface area contributed by atoms with Crippen LogP contribution >= 0.6 is 22.9 Å². The van der Waals surface area contributed by atoms with E-state index in [0.717, 1.165) is 44.6 Å². The van der Waals surface area contributed by atoms with Gasteiger partial charge in [0.1, 0.15) is 0 Å². The van der Waals surface area contributed by atoms with Crippen LogP contribution in [0.3, 0.4) is 0 Å². The molecule has 1 atom stereocenters. The molecule has 1 unspecified atom stereocenters. The molecular formula is C68H79ClN2S. The lowest BCUT2D eigenvalue weighted by Crippen LogP contribution is -2.18. The highest BCUT2D eigenvalue weighted by molar-refractivity contribution is 7.17. The molecule has 0 aliphatic rings. The second-order valence-electron chi connectivity index (χ2n) is 25.6. The molecule has 0 aliphatic heterocycles. The third-order valence-electron chi connectivity index (χ3n) is 14.6. The summed E-state index contributed by atoms with van der Waals surface area (Å²) < 4.78 is 1.28. The third-order valence-corrected chi connectivity index (χ3v) is 16.0. The van der Waals surface area contributed by atoms with Gasteiger partial charge >= 0.3 is 0 Å². The minimum Gasteiger partial charge on any atom is -0.310 e. The Morgan fingerprint density at radius 3 is 1.35 bits per heavy atom. The van der Waals surface area contributed by atoms with Crippen LogP contribution in [0.5, 0.6) is 0 Å². The van der Waals surface area contributed by atoms with Gasteiger partial charge in [-0.15, -0.1) is 11.3 Å². The van der Waals surface area contributed by atoms with E-state index in [1.807, 2.05) is 11.3 Å². The second-order valence-corrected chi connectivity index (χ2v) is 26.9. The summed E-state index contributed by atoms with van der Waals surface area (Å²) in [6.45, 7) is 41.1. The summed E-state index contributed by atoms with van der Waals surface area (Å²) in [5.74, 6) is -0.126. The maximum atomic E-state index is 8.19. The number of aryl methyl sites for hydroxylation is 3. The van der Waals surface area contributed by atoms with Gasteiger partial charge in [0.15, 0.2) is 0 Å². The van der Waals surface area contributed by atoms with E-state index in [1.54, 1.807) is 0 Å². The van der Waals surface area contributed by atoms with Crippen molar-refractivity contribution >= 4 is 67.1 Å². The summed E-state index contributed by atoms with van der Waals surface area (Å²) in [4.78, 5) is 4.85. The number of hydrogen-bond donors (Lipinski definition) is 0. The third kappa shape index (κ3) is 10.9. The standard InChI is InChI=1S/C68H79ClN2S/c1-43-36-57(61(46-22-24-47(25-23-46)64(4,5)6)58-42-72-60-35-30-50(40-56(58)60)67(13,14)15)62(69)59(37-43)70(52-31-26-48(27-32-52)65(7,8)9)54-20-19-21-55(41-54)71(53-33-28-49(29-34-53)66(10,11)12)63-44(2)38-51(39-45(63)3)68(16,17)18/h19-42,61H,1-18H3. The first-order valence-corrected chi connectivity index (χ1v) is 27.2. The minimum absolute atomic E-state index is 0.00169. The van der Waals surface area contributed by atoms with Crippen LogP contribution in [0.1, 0.15) is 171 Å². The van der Waals surface area contributed by atoms with Crippen molar-refractivity contribution in [1.82, 2.24) is 0 Å². The number of thiophene rings is 1. The Bertz CT molecular complexity index is 3200. The molecule has 1 aromatic heterocycles. The van der Waals surface area contributed by atoms with Crippen molar-refractivity contribution in [3.8, 4) is 0 Å². The van der Waals surface area contributed by atoms with Crippen LogP contribution in [0.4, 0.5) is 34.1 Å². The molecule has 0 N–H and O–H groups in total. The van der Waals surface area contributed by atoms with Crippen LogP contribution in [-0.4, -0.2) is 0 Å². The minimum atomic E-state index is -0.126. The Labute approximate surface area is 443 Å². The fourth-order valence-corrected chi connectivity index (χ4v) is 11.4. The van der Waals surface area contributed by atoms with E-state index in [2.05, 4.69) is 279 Å². The normalized spacial score (nSPS) is 13.2. The van der Waals surface area contributed by atoms with Gasteiger partial charge in [-0.2, -0.15) is 0 Å². The average molecular weight is 992 g/mol. The Hall–Kier alpha value is -5.61. The van der Waals surface area contributed by atoms with Gasteiger partial charge in [-0.1, -0.05) is 194 Å². The second kappa shape index (κ2) is 19.3. The van der Waals surface area contributed by atoms with Gasteiger partial charge in [0.2, 0.25) is 0 Å².